The van der Waals surface area contributed by atoms with Gasteiger partial charge in [-0.05, 0) is 56.0 Å². The maximum absolute atomic E-state index is 12.3. The summed E-state index contributed by atoms with van der Waals surface area (Å²) >= 11 is 0. The van der Waals surface area contributed by atoms with Crippen LogP contribution in [0, 0.1) is 13.8 Å². The van der Waals surface area contributed by atoms with Crippen LogP contribution in [-0.4, -0.2) is 20.1 Å². The van der Waals surface area contributed by atoms with Crippen LogP contribution in [0.2, 0.25) is 0 Å². The van der Waals surface area contributed by atoms with Gasteiger partial charge in [0.05, 0.1) is 20.3 Å². The van der Waals surface area contributed by atoms with Crippen molar-refractivity contribution in [1.82, 2.24) is 5.32 Å². The van der Waals surface area contributed by atoms with Crippen LogP contribution < -0.4 is 14.8 Å². The summed E-state index contributed by atoms with van der Waals surface area (Å²) in [7, 11) is 3.22. The molecule has 0 saturated carbocycles. The first-order valence-electron chi connectivity index (χ1n) is 8.52. The van der Waals surface area contributed by atoms with E-state index < -0.39 is 0 Å². The van der Waals surface area contributed by atoms with Crippen LogP contribution in [0.4, 0.5) is 0 Å². The number of nitrogens with one attached hydrogen (secondary N) is 1. The summed E-state index contributed by atoms with van der Waals surface area (Å²) in [5, 5.41) is 3.08. The molecule has 0 bridgehead atoms. The second-order valence-corrected chi connectivity index (χ2v) is 6.34. The predicted octanol–water partition coefficient (Wildman–Crippen LogP) is 4.13. The highest BCUT2D eigenvalue weighted by atomic mass is 16.5. The summed E-state index contributed by atoms with van der Waals surface area (Å²) in [6, 6.07) is 12.0. The van der Waals surface area contributed by atoms with E-state index in [1.54, 1.807) is 14.2 Å². The Kier molecular flexibility index (Phi) is 6.45. The predicted molar refractivity (Wildman–Crippen MR) is 100 cm³/mol. The standard InChI is InChI=1S/C21H27NO3/c1-14-6-9-18(15(2)12-14)16(3)22-21(23)11-8-17-7-10-19(24-4)20(13-17)25-5/h6-7,9-10,12-13,16H,8,11H2,1-5H3,(H,22,23)/t16-/m0/s1. The number of benzene rings is 2. The molecule has 0 fully saturated rings. The monoisotopic (exact) mass is 341 g/mol. The quantitative estimate of drug-likeness (QED) is 0.824. The van der Waals surface area contributed by atoms with Crippen molar-refractivity contribution in [3.63, 3.8) is 0 Å². The molecule has 0 radical (unpaired) electrons. The maximum atomic E-state index is 12.3. The third-order valence-electron chi connectivity index (χ3n) is 4.36. The fourth-order valence-electron chi connectivity index (χ4n) is 3.00. The van der Waals surface area contributed by atoms with Crippen molar-refractivity contribution in [3.05, 3.63) is 58.7 Å². The zero-order valence-electron chi connectivity index (χ0n) is 15.7. The zero-order chi connectivity index (χ0) is 18.4. The number of methoxy groups -OCH3 is 2. The molecular formula is C21H27NO3. The molecule has 25 heavy (non-hydrogen) atoms. The number of hydrogen-bond acceptors (Lipinski definition) is 3. The Balaban J connectivity index is 1.94. The second kappa shape index (κ2) is 8.56. The van der Waals surface area contributed by atoms with Crippen molar-refractivity contribution in [2.75, 3.05) is 14.2 Å². The molecule has 0 heterocycles. The first-order valence-corrected chi connectivity index (χ1v) is 8.52. The first kappa shape index (κ1) is 18.8. The molecule has 2 aromatic rings. The topological polar surface area (TPSA) is 47.6 Å². The molecule has 4 nitrogen and oxygen atoms in total. The van der Waals surface area contributed by atoms with Gasteiger partial charge in [-0.2, -0.15) is 0 Å². The number of carbonyl (C=O) groups excluding carboxylic acids is 1. The average Bonchev–Trinajstić information content (AvgIpc) is 2.59. The minimum Gasteiger partial charge on any atom is -0.493 e. The van der Waals surface area contributed by atoms with Crippen molar-refractivity contribution < 1.29 is 14.3 Å². The van der Waals surface area contributed by atoms with E-state index in [-0.39, 0.29) is 11.9 Å². The van der Waals surface area contributed by atoms with E-state index in [9.17, 15) is 4.79 Å². The molecule has 1 N–H and O–H groups in total. The molecule has 0 saturated heterocycles. The third-order valence-corrected chi connectivity index (χ3v) is 4.36. The summed E-state index contributed by atoms with van der Waals surface area (Å²) in [6.45, 7) is 6.17. The molecule has 2 rings (SSSR count). The van der Waals surface area contributed by atoms with Crippen molar-refractivity contribution in [2.24, 2.45) is 0 Å². The van der Waals surface area contributed by atoms with Gasteiger partial charge in [-0.15, -0.1) is 0 Å². The van der Waals surface area contributed by atoms with E-state index in [0.29, 0.717) is 24.3 Å². The van der Waals surface area contributed by atoms with Crippen molar-refractivity contribution in [3.8, 4) is 11.5 Å². The highest BCUT2D eigenvalue weighted by molar-refractivity contribution is 5.76. The molecule has 0 aromatic heterocycles. The van der Waals surface area contributed by atoms with Gasteiger partial charge in [-0.1, -0.05) is 29.8 Å². The minimum absolute atomic E-state index is 0.00139. The van der Waals surface area contributed by atoms with Gasteiger partial charge >= 0.3 is 0 Å². The number of rotatable bonds is 7. The lowest BCUT2D eigenvalue weighted by atomic mass is 10.00. The molecule has 1 atom stereocenters. The number of hydrogen-bond donors (Lipinski definition) is 1. The van der Waals surface area contributed by atoms with Crippen LogP contribution >= 0.6 is 0 Å². The molecule has 0 aliphatic rings. The normalized spacial score (nSPS) is 11.7. The highest BCUT2D eigenvalue weighted by Gasteiger charge is 2.12. The van der Waals surface area contributed by atoms with E-state index in [2.05, 4.69) is 37.4 Å². The fourth-order valence-corrected chi connectivity index (χ4v) is 3.00. The molecule has 0 aliphatic carbocycles. The lowest BCUT2D eigenvalue weighted by Gasteiger charge is -2.17. The highest BCUT2D eigenvalue weighted by Crippen LogP contribution is 2.28. The van der Waals surface area contributed by atoms with E-state index in [0.717, 1.165) is 11.1 Å². The molecule has 0 spiro atoms. The SMILES string of the molecule is COc1ccc(CCC(=O)N[C@@H](C)c2ccc(C)cc2C)cc1OC. The Morgan fingerprint density at radius 2 is 1.76 bits per heavy atom. The largest absolute Gasteiger partial charge is 0.493 e. The van der Waals surface area contributed by atoms with Crippen LogP contribution in [0.5, 0.6) is 11.5 Å². The smallest absolute Gasteiger partial charge is 0.220 e. The van der Waals surface area contributed by atoms with Gasteiger partial charge in [-0.25, -0.2) is 0 Å². The average molecular weight is 341 g/mol. The Morgan fingerprint density at radius 1 is 1.04 bits per heavy atom. The Morgan fingerprint density at radius 3 is 2.40 bits per heavy atom. The Labute approximate surface area is 150 Å². The van der Waals surface area contributed by atoms with Crippen LogP contribution in [0.1, 0.15) is 41.6 Å². The van der Waals surface area contributed by atoms with Gasteiger partial charge in [0.1, 0.15) is 0 Å². The summed E-state index contributed by atoms with van der Waals surface area (Å²) < 4.78 is 10.5. The summed E-state index contributed by atoms with van der Waals surface area (Å²) in [4.78, 5) is 12.3. The van der Waals surface area contributed by atoms with E-state index in [1.807, 2.05) is 25.1 Å². The van der Waals surface area contributed by atoms with E-state index in [1.165, 1.54) is 11.1 Å². The number of aryl methyl sites for hydroxylation is 3. The van der Waals surface area contributed by atoms with Crippen LogP contribution in [0.15, 0.2) is 36.4 Å². The van der Waals surface area contributed by atoms with Gasteiger partial charge in [0, 0.05) is 6.42 Å². The molecule has 0 aliphatic heterocycles. The second-order valence-electron chi connectivity index (χ2n) is 6.34. The first-order chi connectivity index (χ1) is 11.9. The molecule has 134 valence electrons. The number of amides is 1. The van der Waals surface area contributed by atoms with Crippen LogP contribution in [0.25, 0.3) is 0 Å². The van der Waals surface area contributed by atoms with Gasteiger partial charge in [0.15, 0.2) is 11.5 Å². The molecule has 4 heteroatoms. The third kappa shape index (κ3) is 4.99. The minimum atomic E-state index is -0.00139. The summed E-state index contributed by atoms with van der Waals surface area (Å²) in [5.74, 6) is 1.42. The lowest BCUT2D eigenvalue weighted by Crippen LogP contribution is -2.27. The molecular weight excluding hydrogens is 314 g/mol. The number of carbonyl (C=O) groups is 1. The molecule has 0 unspecified atom stereocenters. The summed E-state index contributed by atoms with van der Waals surface area (Å²) in [5.41, 5.74) is 4.64. The van der Waals surface area contributed by atoms with Crippen LogP contribution in [-0.2, 0) is 11.2 Å². The molecule has 1 amide bonds. The lowest BCUT2D eigenvalue weighted by molar-refractivity contribution is -0.121. The molecule has 2 aromatic carbocycles. The zero-order valence-corrected chi connectivity index (χ0v) is 15.7. The van der Waals surface area contributed by atoms with Crippen molar-refractivity contribution in [1.29, 1.82) is 0 Å². The van der Waals surface area contributed by atoms with Gasteiger partial charge in [-0.3, -0.25) is 4.79 Å². The Hall–Kier alpha value is -2.49. The van der Waals surface area contributed by atoms with Crippen molar-refractivity contribution >= 4 is 5.91 Å². The van der Waals surface area contributed by atoms with Crippen molar-refractivity contribution in [2.45, 2.75) is 39.7 Å². The Bertz CT molecular complexity index is 740. The van der Waals surface area contributed by atoms with Gasteiger partial charge in [0.2, 0.25) is 5.91 Å². The fraction of sp³-hybridized carbons (Fsp3) is 0.381. The summed E-state index contributed by atoms with van der Waals surface area (Å²) in [6.07, 6.45) is 1.09. The maximum Gasteiger partial charge on any atom is 0.220 e. The number of ether oxygens (including phenoxy) is 2. The van der Waals surface area contributed by atoms with Gasteiger partial charge in [0.25, 0.3) is 0 Å². The van der Waals surface area contributed by atoms with E-state index >= 15 is 0 Å². The van der Waals surface area contributed by atoms with Crippen LogP contribution in [0.3, 0.4) is 0 Å². The van der Waals surface area contributed by atoms with E-state index in [4.69, 9.17) is 9.47 Å². The van der Waals surface area contributed by atoms with Gasteiger partial charge < -0.3 is 14.8 Å².